The minimum Gasteiger partial charge on any atom is -0.492 e. The number of H-pyrrole nitrogens is 1. The molecule has 0 bridgehead atoms. The van der Waals surface area contributed by atoms with E-state index in [-0.39, 0.29) is 0 Å². The molecule has 0 radical (unpaired) electrons. The third-order valence-corrected chi connectivity index (χ3v) is 4.38. The smallest absolute Gasteiger partial charge is 0.155 e. The number of aromatic amines is 1. The van der Waals surface area contributed by atoms with Crippen LogP contribution in [0, 0.1) is 0 Å². The number of allylic oxidation sites excluding steroid dienone is 1. The molecule has 6 nitrogen and oxygen atoms in total. The van der Waals surface area contributed by atoms with Gasteiger partial charge in [-0.25, -0.2) is 4.98 Å². The normalized spacial score (nSPS) is 11.7. The molecule has 0 saturated carbocycles. The summed E-state index contributed by atoms with van der Waals surface area (Å²) >= 11 is 6.33. The SMILES string of the molecule is COCCCOc1ccc(C/C=C(\NN)c2nc3ccccc3[nH]2)cc1Cl. The fourth-order valence-corrected chi connectivity index (χ4v) is 2.96. The first-order chi connectivity index (χ1) is 13.2. The average Bonchev–Trinajstić information content (AvgIpc) is 3.11. The molecule has 1 aromatic heterocycles. The molecule has 0 aliphatic rings. The first-order valence-electron chi connectivity index (χ1n) is 8.73. The Morgan fingerprint density at radius 2 is 2.11 bits per heavy atom. The number of hydrogen-bond acceptors (Lipinski definition) is 5. The van der Waals surface area contributed by atoms with Gasteiger partial charge in [-0.15, -0.1) is 0 Å². The molecule has 1 heterocycles. The van der Waals surface area contributed by atoms with Crippen molar-refractivity contribution in [3.63, 3.8) is 0 Å². The standard InChI is InChI=1S/C20H23ClN4O2/c1-26-11-4-12-27-19-10-8-14(13-15(19)21)7-9-18(25-22)20-23-16-5-2-3-6-17(16)24-20/h2-3,5-6,8-10,13,25H,4,7,11-12,22H2,1H3,(H,23,24)/b18-9-. The van der Waals surface area contributed by atoms with E-state index in [1.54, 1.807) is 7.11 Å². The van der Waals surface area contributed by atoms with E-state index in [4.69, 9.17) is 26.9 Å². The van der Waals surface area contributed by atoms with E-state index in [0.29, 0.717) is 36.2 Å². The van der Waals surface area contributed by atoms with E-state index in [1.807, 2.05) is 48.5 Å². The van der Waals surface area contributed by atoms with Crippen LogP contribution in [0.5, 0.6) is 5.75 Å². The molecule has 4 N–H and O–H groups in total. The number of rotatable bonds is 9. The molecule has 3 rings (SSSR count). The molecule has 7 heteroatoms. The summed E-state index contributed by atoms with van der Waals surface area (Å²) in [5, 5.41) is 0.587. The first-order valence-corrected chi connectivity index (χ1v) is 9.11. The number of para-hydroxylation sites is 2. The Hall–Kier alpha value is -2.54. The molecule has 0 saturated heterocycles. The summed E-state index contributed by atoms with van der Waals surface area (Å²) < 4.78 is 10.7. The second-order valence-corrected chi connectivity index (χ2v) is 6.44. The zero-order chi connectivity index (χ0) is 19.1. The molecule has 0 atom stereocenters. The summed E-state index contributed by atoms with van der Waals surface area (Å²) in [5.41, 5.74) is 6.35. The largest absolute Gasteiger partial charge is 0.492 e. The number of hydrogen-bond donors (Lipinski definition) is 3. The Morgan fingerprint density at radius 1 is 1.26 bits per heavy atom. The number of nitrogens with two attached hydrogens (primary N) is 1. The molecule has 27 heavy (non-hydrogen) atoms. The summed E-state index contributed by atoms with van der Waals surface area (Å²) in [6, 6.07) is 13.6. The van der Waals surface area contributed by atoms with Gasteiger partial charge in [0.1, 0.15) is 5.75 Å². The topological polar surface area (TPSA) is 85.2 Å². The minimum absolute atomic E-state index is 0.570. The number of methoxy groups -OCH3 is 1. The van der Waals surface area contributed by atoms with Gasteiger partial charge in [0, 0.05) is 20.1 Å². The van der Waals surface area contributed by atoms with Crippen LogP contribution in [-0.4, -0.2) is 30.3 Å². The molecule has 142 valence electrons. The van der Waals surface area contributed by atoms with E-state index in [0.717, 1.165) is 28.7 Å². The number of imidazole rings is 1. The van der Waals surface area contributed by atoms with Gasteiger partial charge in [-0.3, -0.25) is 5.84 Å². The highest BCUT2D eigenvalue weighted by Crippen LogP contribution is 2.26. The number of halogens is 1. The summed E-state index contributed by atoms with van der Waals surface area (Å²) in [4.78, 5) is 7.81. The van der Waals surface area contributed by atoms with Crippen LogP contribution in [0.15, 0.2) is 48.5 Å². The number of nitrogens with one attached hydrogen (secondary N) is 2. The highest BCUT2D eigenvalue weighted by atomic mass is 35.5. The van der Waals surface area contributed by atoms with Crippen LogP contribution in [0.3, 0.4) is 0 Å². The van der Waals surface area contributed by atoms with Crippen molar-refractivity contribution < 1.29 is 9.47 Å². The van der Waals surface area contributed by atoms with Crippen LogP contribution in [0.4, 0.5) is 0 Å². The molecular formula is C20H23ClN4O2. The summed E-state index contributed by atoms with van der Waals surface area (Å²) in [5.74, 6) is 7.06. The Balaban J connectivity index is 1.68. The molecule has 0 aliphatic carbocycles. The molecule has 3 aromatic rings. The molecule has 0 aliphatic heterocycles. The minimum atomic E-state index is 0.570. The Bertz CT molecular complexity index is 890. The summed E-state index contributed by atoms with van der Waals surface area (Å²) in [7, 11) is 1.67. The van der Waals surface area contributed by atoms with Crippen molar-refractivity contribution in [1.82, 2.24) is 15.4 Å². The average molecular weight is 387 g/mol. The lowest BCUT2D eigenvalue weighted by molar-refractivity contribution is 0.172. The molecule has 0 fully saturated rings. The highest BCUT2D eigenvalue weighted by Gasteiger charge is 2.07. The highest BCUT2D eigenvalue weighted by molar-refractivity contribution is 6.32. The van der Waals surface area contributed by atoms with Crippen molar-refractivity contribution in [3.05, 3.63) is 65.0 Å². The van der Waals surface area contributed by atoms with Gasteiger partial charge in [0.25, 0.3) is 0 Å². The molecular weight excluding hydrogens is 364 g/mol. The van der Waals surface area contributed by atoms with Gasteiger partial charge in [-0.2, -0.15) is 0 Å². The Labute approximate surface area is 163 Å². The van der Waals surface area contributed by atoms with E-state index in [9.17, 15) is 0 Å². The van der Waals surface area contributed by atoms with Gasteiger partial charge in [0.2, 0.25) is 0 Å². The van der Waals surface area contributed by atoms with Crippen LogP contribution in [0.25, 0.3) is 16.7 Å². The zero-order valence-electron chi connectivity index (χ0n) is 15.2. The third-order valence-electron chi connectivity index (χ3n) is 4.09. The fraction of sp³-hybridized carbons (Fsp3) is 0.250. The molecule has 0 amide bonds. The maximum absolute atomic E-state index is 6.33. The molecule has 2 aromatic carbocycles. The number of hydrazine groups is 1. The number of ether oxygens (including phenoxy) is 2. The lowest BCUT2D eigenvalue weighted by atomic mass is 10.1. The zero-order valence-corrected chi connectivity index (χ0v) is 15.9. The van der Waals surface area contributed by atoms with E-state index < -0.39 is 0 Å². The number of nitrogens with zero attached hydrogens (tertiary/aromatic N) is 1. The Kier molecular flexibility index (Phi) is 6.70. The van der Waals surface area contributed by atoms with Crippen LogP contribution >= 0.6 is 11.6 Å². The monoisotopic (exact) mass is 386 g/mol. The molecule has 0 unspecified atom stereocenters. The Morgan fingerprint density at radius 3 is 2.85 bits per heavy atom. The van der Waals surface area contributed by atoms with E-state index >= 15 is 0 Å². The van der Waals surface area contributed by atoms with Crippen LogP contribution < -0.4 is 16.0 Å². The van der Waals surface area contributed by atoms with Crippen molar-refractivity contribution in [3.8, 4) is 5.75 Å². The van der Waals surface area contributed by atoms with Gasteiger partial charge < -0.3 is 19.9 Å². The van der Waals surface area contributed by atoms with Crippen molar-refractivity contribution in [2.75, 3.05) is 20.3 Å². The quantitative estimate of drug-likeness (QED) is 0.297. The predicted octanol–water partition coefficient (Wildman–Crippen LogP) is 3.68. The third kappa shape index (κ3) is 5.01. The van der Waals surface area contributed by atoms with Gasteiger partial charge in [-0.1, -0.05) is 35.9 Å². The van der Waals surface area contributed by atoms with E-state index in [2.05, 4.69) is 15.4 Å². The molecule has 0 spiro atoms. The number of aromatic nitrogens is 2. The predicted molar refractivity (Wildman–Crippen MR) is 109 cm³/mol. The van der Waals surface area contributed by atoms with Crippen molar-refractivity contribution >= 4 is 28.3 Å². The second-order valence-electron chi connectivity index (χ2n) is 6.03. The van der Waals surface area contributed by atoms with Crippen molar-refractivity contribution in [2.45, 2.75) is 12.8 Å². The summed E-state index contributed by atoms with van der Waals surface area (Å²) in [6.45, 7) is 1.23. The second kappa shape index (κ2) is 9.41. The fourth-order valence-electron chi connectivity index (χ4n) is 2.70. The van der Waals surface area contributed by atoms with Crippen LogP contribution in [-0.2, 0) is 11.2 Å². The number of benzene rings is 2. The number of fused-ring (bicyclic) bond motifs is 1. The van der Waals surface area contributed by atoms with Gasteiger partial charge >= 0.3 is 0 Å². The van der Waals surface area contributed by atoms with Crippen LogP contribution in [0.2, 0.25) is 5.02 Å². The van der Waals surface area contributed by atoms with Crippen LogP contribution in [0.1, 0.15) is 17.8 Å². The van der Waals surface area contributed by atoms with Crippen molar-refractivity contribution in [1.29, 1.82) is 0 Å². The first kappa shape index (κ1) is 19.2. The maximum Gasteiger partial charge on any atom is 0.155 e. The maximum atomic E-state index is 6.33. The van der Waals surface area contributed by atoms with Gasteiger partial charge in [-0.05, 0) is 36.2 Å². The van der Waals surface area contributed by atoms with Crippen molar-refractivity contribution in [2.24, 2.45) is 5.84 Å². The van der Waals surface area contributed by atoms with Gasteiger partial charge in [0.05, 0.1) is 28.4 Å². The van der Waals surface area contributed by atoms with E-state index in [1.165, 1.54) is 0 Å². The summed E-state index contributed by atoms with van der Waals surface area (Å²) in [6.07, 6.45) is 3.45. The van der Waals surface area contributed by atoms with Gasteiger partial charge in [0.15, 0.2) is 5.82 Å². The lowest BCUT2D eigenvalue weighted by Gasteiger charge is -2.09. The lowest BCUT2D eigenvalue weighted by Crippen LogP contribution is -2.21.